The molecular weight excluding hydrogens is 249 g/mol. The van der Waals surface area contributed by atoms with Gasteiger partial charge in [-0.3, -0.25) is 0 Å². The third kappa shape index (κ3) is 2.98. The smallest absolute Gasteiger partial charge is 0.147 e. The van der Waals surface area contributed by atoms with Gasteiger partial charge in [-0.15, -0.1) is 22.6 Å². The fourth-order valence-electron chi connectivity index (χ4n) is 1.19. The van der Waals surface area contributed by atoms with Crippen LogP contribution in [0.4, 0.5) is 4.39 Å². The van der Waals surface area contributed by atoms with Gasteiger partial charge in [0.15, 0.2) is 0 Å². The van der Waals surface area contributed by atoms with Crippen LogP contribution in [0.25, 0.3) is 10.6 Å². The Kier molecular flexibility index (Phi) is 4.79. The molecule has 2 aromatic rings. The molecule has 1 aromatic heterocycles. The van der Waals surface area contributed by atoms with Gasteiger partial charge in [0.05, 0.1) is 0 Å². The first-order valence-corrected chi connectivity index (χ1v) is 5.39. The summed E-state index contributed by atoms with van der Waals surface area (Å²) in [5.74, 6) is -0.245. The molecule has 0 aliphatic rings. The first-order chi connectivity index (χ1) is 7.29. The Morgan fingerprint density at radius 1 is 1.19 bits per heavy atom. The summed E-state index contributed by atoms with van der Waals surface area (Å²) in [6.07, 6.45) is 0.735. The predicted molar refractivity (Wildman–Crippen MR) is 65.3 cm³/mol. The lowest BCUT2D eigenvalue weighted by atomic mass is 10.2. The summed E-state index contributed by atoms with van der Waals surface area (Å²) in [7, 11) is 0. The first-order valence-electron chi connectivity index (χ1n) is 4.58. The van der Waals surface area contributed by atoms with Gasteiger partial charge < -0.3 is 5.73 Å². The van der Waals surface area contributed by atoms with Crippen LogP contribution in [0.5, 0.6) is 0 Å². The van der Waals surface area contributed by atoms with Gasteiger partial charge in [-0.1, -0.05) is 11.3 Å². The average molecular weight is 260 g/mol. The minimum absolute atomic E-state index is 0. The van der Waals surface area contributed by atoms with Crippen molar-refractivity contribution in [3.8, 4) is 10.6 Å². The Bertz CT molecular complexity index is 444. The summed E-state index contributed by atoms with van der Waals surface area (Å²) in [4.78, 5) is 0. The van der Waals surface area contributed by atoms with Crippen molar-refractivity contribution in [2.45, 2.75) is 6.42 Å². The predicted octanol–water partition coefficient (Wildman–Crippen LogP) is 2.27. The zero-order chi connectivity index (χ0) is 10.7. The van der Waals surface area contributed by atoms with E-state index in [1.54, 1.807) is 12.1 Å². The molecule has 2 N–H and O–H groups in total. The van der Waals surface area contributed by atoms with Crippen molar-refractivity contribution in [1.82, 2.24) is 10.2 Å². The Balaban J connectivity index is 0.00000128. The number of nitrogens with zero attached hydrogens (tertiary/aromatic N) is 2. The summed E-state index contributed by atoms with van der Waals surface area (Å²) in [6.45, 7) is 0.568. The molecule has 16 heavy (non-hydrogen) atoms. The molecule has 3 nitrogen and oxygen atoms in total. The molecule has 0 saturated heterocycles. The van der Waals surface area contributed by atoms with Crippen molar-refractivity contribution in [3.63, 3.8) is 0 Å². The number of aromatic nitrogens is 2. The van der Waals surface area contributed by atoms with Crippen molar-refractivity contribution in [1.29, 1.82) is 0 Å². The number of rotatable bonds is 3. The van der Waals surface area contributed by atoms with Gasteiger partial charge in [0, 0.05) is 12.0 Å². The highest BCUT2D eigenvalue weighted by Crippen LogP contribution is 2.23. The van der Waals surface area contributed by atoms with Crippen LogP contribution in [0, 0.1) is 5.82 Å². The highest BCUT2D eigenvalue weighted by molar-refractivity contribution is 7.14. The maximum Gasteiger partial charge on any atom is 0.147 e. The molecule has 0 aliphatic carbocycles. The van der Waals surface area contributed by atoms with E-state index in [-0.39, 0.29) is 18.2 Å². The van der Waals surface area contributed by atoms with E-state index in [1.807, 2.05) is 0 Å². The van der Waals surface area contributed by atoms with Gasteiger partial charge in [0.1, 0.15) is 15.8 Å². The van der Waals surface area contributed by atoms with Crippen molar-refractivity contribution in [2.75, 3.05) is 6.54 Å². The minimum atomic E-state index is -0.245. The van der Waals surface area contributed by atoms with Crippen LogP contribution < -0.4 is 5.73 Å². The molecule has 6 heteroatoms. The van der Waals surface area contributed by atoms with Crippen LogP contribution in [0.1, 0.15) is 5.01 Å². The third-order valence-corrected chi connectivity index (χ3v) is 2.95. The van der Waals surface area contributed by atoms with Crippen LogP contribution in [-0.4, -0.2) is 16.7 Å². The molecule has 1 aromatic carbocycles. The van der Waals surface area contributed by atoms with Crippen molar-refractivity contribution in [3.05, 3.63) is 35.1 Å². The van der Waals surface area contributed by atoms with Gasteiger partial charge in [-0.2, -0.15) is 0 Å². The molecule has 0 atom stereocenters. The number of halogens is 2. The first kappa shape index (κ1) is 13.0. The second-order valence-electron chi connectivity index (χ2n) is 3.05. The SMILES string of the molecule is Cl.NCCc1nnc(-c2ccc(F)cc2)s1. The van der Waals surface area contributed by atoms with E-state index in [1.165, 1.54) is 23.5 Å². The molecule has 0 saturated carbocycles. The zero-order valence-electron chi connectivity index (χ0n) is 8.39. The fourth-order valence-corrected chi connectivity index (χ4v) is 2.05. The molecule has 0 bridgehead atoms. The van der Waals surface area contributed by atoms with Crippen LogP contribution in [0.2, 0.25) is 0 Å². The molecule has 86 valence electrons. The molecule has 0 radical (unpaired) electrons. The van der Waals surface area contributed by atoms with Crippen LogP contribution in [0.15, 0.2) is 24.3 Å². The Morgan fingerprint density at radius 3 is 2.50 bits per heavy atom. The summed E-state index contributed by atoms with van der Waals surface area (Å²) in [5, 5.41) is 9.74. The molecule has 0 amide bonds. The van der Waals surface area contributed by atoms with Crippen molar-refractivity contribution >= 4 is 23.7 Å². The molecule has 0 spiro atoms. The highest BCUT2D eigenvalue weighted by Gasteiger charge is 2.05. The summed E-state index contributed by atoms with van der Waals surface area (Å²) in [5.41, 5.74) is 6.30. The lowest BCUT2D eigenvalue weighted by molar-refractivity contribution is 0.628. The van der Waals surface area contributed by atoms with Gasteiger partial charge >= 0.3 is 0 Å². The average Bonchev–Trinajstić information content (AvgIpc) is 2.68. The number of benzene rings is 1. The van der Waals surface area contributed by atoms with E-state index < -0.39 is 0 Å². The highest BCUT2D eigenvalue weighted by atomic mass is 35.5. The van der Waals surface area contributed by atoms with Crippen molar-refractivity contribution in [2.24, 2.45) is 5.73 Å². The van der Waals surface area contributed by atoms with E-state index in [0.29, 0.717) is 6.54 Å². The van der Waals surface area contributed by atoms with E-state index in [4.69, 9.17) is 5.73 Å². The number of nitrogens with two attached hydrogens (primary N) is 1. The van der Waals surface area contributed by atoms with Crippen LogP contribution in [0.3, 0.4) is 0 Å². The maximum atomic E-state index is 12.7. The number of hydrogen-bond donors (Lipinski definition) is 1. The molecule has 0 fully saturated rings. The fraction of sp³-hybridized carbons (Fsp3) is 0.200. The molecule has 0 unspecified atom stereocenters. The lowest BCUT2D eigenvalue weighted by Gasteiger charge is -1.93. The second kappa shape index (κ2) is 5.89. The zero-order valence-corrected chi connectivity index (χ0v) is 10.0. The van der Waals surface area contributed by atoms with Crippen molar-refractivity contribution < 1.29 is 4.39 Å². The number of hydrogen-bond acceptors (Lipinski definition) is 4. The Morgan fingerprint density at radius 2 is 1.88 bits per heavy atom. The van der Waals surface area contributed by atoms with Gasteiger partial charge in [0.2, 0.25) is 0 Å². The Labute approximate surface area is 103 Å². The summed E-state index contributed by atoms with van der Waals surface area (Å²) < 4.78 is 12.7. The normalized spacial score (nSPS) is 9.88. The minimum Gasteiger partial charge on any atom is -0.330 e. The van der Waals surface area contributed by atoms with E-state index in [2.05, 4.69) is 10.2 Å². The quantitative estimate of drug-likeness (QED) is 0.920. The van der Waals surface area contributed by atoms with E-state index in [9.17, 15) is 4.39 Å². The third-order valence-electron chi connectivity index (χ3n) is 1.92. The monoisotopic (exact) mass is 259 g/mol. The van der Waals surface area contributed by atoms with Gasteiger partial charge in [0.25, 0.3) is 0 Å². The molecular formula is C10H11ClFN3S. The molecule has 0 aliphatic heterocycles. The van der Waals surface area contributed by atoms with E-state index in [0.717, 1.165) is 22.0 Å². The lowest BCUT2D eigenvalue weighted by Crippen LogP contribution is -2.01. The Hall–Kier alpha value is -1.04. The summed E-state index contributed by atoms with van der Waals surface area (Å²) in [6, 6.07) is 6.23. The topological polar surface area (TPSA) is 51.8 Å². The standard InChI is InChI=1S/C10H10FN3S.ClH/c11-8-3-1-7(2-4-8)10-14-13-9(15-10)5-6-12;/h1-4H,5-6,12H2;1H. The summed E-state index contributed by atoms with van der Waals surface area (Å²) >= 11 is 1.49. The van der Waals surface area contributed by atoms with E-state index >= 15 is 0 Å². The van der Waals surface area contributed by atoms with Crippen LogP contribution in [-0.2, 0) is 6.42 Å². The molecule has 1 heterocycles. The largest absolute Gasteiger partial charge is 0.330 e. The van der Waals surface area contributed by atoms with Gasteiger partial charge in [-0.05, 0) is 30.8 Å². The maximum absolute atomic E-state index is 12.7. The van der Waals surface area contributed by atoms with Gasteiger partial charge in [-0.25, -0.2) is 4.39 Å². The van der Waals surface area contributed by atoms with Crippen LogP contribution >= 0.6 is 23.7 Å². The second-order valence-corrected chi connectivity index (χ2v) is 4.11. The molecule has 2 rings (SSSR count).